The van der Waals surface area contributed by atoms with Gasteiger partial charge in [0.05, 0.1) is 16.0 Å². The van der Waals surface area contributed by atoms with Crippen molar-refractivity contribution in [3.63, 3.8) is 0 Å². The molecule has 30 heavy (non-hydrogen) atoms. The van der Waals surface area contributed by atoms with E-state index in [1.54, 1.807) is 12.1 Å². The smallest absolute Gasteiger partial charge is 0.287 e. The Morgan fingerprint density at radius 2 is 1.93 bits per heavy atom. The molecule has 1 aromatic heterocycles. The second kappa shape index (κ2) is 9.45. The largest absolute Gasteiger partial charge is 0.484 e. The lowest BCUT2D eigenvalue weighted by Gasteiger charge is -2.17. The van der Waals surface area contributed by atoms with E-state index in [1.807, 2.05) is 38.1 Å². The van der Waals surface area contributed by atoms with Gasteiger partial charge in [-0.3, -0.25) is 14.9 Å². The molecule has 1 N–H and O–H groups in total. The van der Waals surface area contributed by atoms with Crippen LogP contribution < -0.4 is 10.1 Å². The minimum Gasteiger partial charge on any atom is -0.484 e. The van der Waals surface area contributed by atoms with Crippen molar-refractivity contribution < 1.29 is 18.9 Å². The van der Waals surface area contributed by atoms with Crippen molar-refractivity contribution in [2.75, 3.05) is 0 Å². The molecule has 0 aliphatic heterocycles. The molecule has 0 saturated heterocycles. The maximum atomic E-state index is 12.6. The molecule has 0 aliphatic rings. The van der Waals surface area contributed by atoms with Crippen LogP contribution in [0.1, 0.15) is 46.8 Å². The van der Waals surface area contributed by atoms with Gasteiger partial charge in [0.15, 0.2) is 5.76 Å². The number of nitro benzene ring substituents is 1. The van der Waals surface area contributed by atoms with Gasteiger partial charge in [0.2, 0.25) is 0 Å². The van der Waals surface area contributed by atoms with Crippen LogP contribution in [-0.2, 0) is 6.61 Å². The van der Waals surface area contributed by atoms with Gasteiger partial charge < -0.3 is 14.5 Å². The SMILES string of the molecule is CCC(NC(=O)c1ccc(COc2ccc([N+](=O)[O-])cc2Cl)o1)c1ccc(C)cc1. The molecule has 3 aromatic rings. The molecule has 0 saturated carbocycles. The van der Waals surface area contributed by atoms with E-state index in [1.165, 1.54) is 18.2 Å². The summed E-state index contributed by atoms with van der Waals surface area (Å²) in [6, 6.07) is 15.1. The Bertz CT molecular complexity index is 1050. The summed E-state index contributed by atoms with van der Waals surface area (Å²) < 4.78 is 11.1. The molecule has 0 fully saturated rings. The van der Waals surface area contributed by atoms with Crippen molar-refractivity contribution >= 4 is 23.2 Å². The van der Waals surface area contributed by atoms with Gasteiger partial charge in [-0.2, -0.15) is 0 Å². The number of nitrogens with one attached hydrogen (secondary N) is 1. The first-order valence-electron chi connectivity index (χ1n) is 9.40. The maximum absolute atomic E-state index is 12.6. The van der Waals surface area contributed by atoms with Crippen LogP contribution in [0.5, 0.6) is 5.75 Å². The monoisotopic (exact) mass is 428 g/mol. The number of rotatable bonds is 8. The fourth-order valence-electron chi connectivity index (χ4n) is 2.90. The molecule has 0 spiro atoms. The number of nitrogens with zero attached hydrogens (tertiary/aromatic N) is 1. The zero-order valence-electron chi connectivity index (χ0n) is 16.6. The van der Waals surface area contributed by atoms with Gasteiger partial charge in [0, 0.05) is 12.1 Å². The molecule has 7 nitrogen and oxygen atoms in total. The summed E-state index contributed by atoms with van der Waals surface area (Å²) in [5.74, 6) is 0.573. The van der Waals surface area contributed by atoms with Crippen molar-refractivity contribution in [3.8, 4) is 5.75 Å². The lowest BCUT2D eigenvalue weighted by molar-refractivity contribution is -0.384. The van der Waals surface area contributed by atoms with Crippen LogP contribution >= 0.6 is 11.6 Å². The number of non-ortho nitro benzene ring substituents is 1. The van der Waals surface area contributed by atoms with Crippen LogP contribution in [0.4, 0.5) is 5.69 Å². The summed E-state index contributed by atoms with van der Waals surface area (Å²) >= 11 is 6.01. The number of ether oxygens (including phenoxy) is 1. The Balaban J connectivity index is 1.62. The average molecular weight is 429 g/mol. The number of halogens is 1. The van der Waals surface area contributed by atoms with Gasteiger partial charge in [-0.15, -0.1) is 0 Å². The van der Waals surface area contributed by atoms with E-state index in [4.69, 9.17) is 20.8 Å². The normalized spacial score (nSPS) is 11.7. The molecule has 0 bridgehead atoms. The number of benzene rings is 2. The highest BCUT2D eigenvalue weighted by Crippen LogP contribution is 2.29. The van der Waals surface area contributed by atoms with Crippen molar-refractivity contribution in [1.29, 1.82) is 0 Å². The van der Waals surface area contributed by atoms with Crippen LogP contribution in [0, 0.1) is 17.0 Å². The van der Waals surface area contributed by atoms with E-state index < -0.39 is 4.92 Å². The minimum atomic E-state index is -0.534. The molecule has 8 heteroatoms. The summed E-state index contributed by atoms with van der Waals surface area (Å²) in [7, 11) is 0. The molecule has 1 unspecified atom stereocenters. The first-order valence-corrected chi connectivity index (χ1v) is 9.78. The fourth-order valence-corrected chi connectivity index (χ4v) is 3.13. The highest BCUT2D eigenvalue weighted by molar-refractivity contribution is 6.32. The summed E-state index contributed by atoms with van der Waals surface area (Å²) in [4.78, 5) is 22.8. The number of hydrogen-bond acceptors (Lipinski definition) is 5. The zero-order valence-corrected chi connectivity index (χ0v) is 17.3. The highest BCUT2D eigenvalue weighted by atomic mass is 35.5. The Labute approximate surface area is 178 Å². The third kappa shape index (κ3) is 5.18. The average Bonchev–Trinajstić information content (AvgIpc) is 3.21. The Kier molecular flexibility index (Phi) is 6.74. The third-order valence-electron chi connectivity index (χ3n) is 4.57. The van der Waals surface area contributed by atoms with Crippen molar-refractivity contribution in [2.24, 2.45) is 0 Å². The second-order valence-electron chi connectivity index (χ2n) is 6.77. The number of amides is 1. The number of carbonyl (C=O) groups excluding carboxylic acids is 1. The predicted octanol–water partition coefficient (Wildman–Crippen LogP) is 5.61. The van der Waals surface area contributed by atoms with E-state index in [2.05, 4.69) is 5.32 Å². The molecule has 0 radical (unpaired) electrons. The fraction of sp³-hybridized carbons (Fsp3) is 0.227. The molecule has 3 rings (SSSR count). The van der Waals surface area contributed by atoms with Gasteiger partial charge >= 0.3 is 0 Å². The number of furan rings is 1. The molecule has 1 heterocycles. The lowest BCUT2D eigenvalue weighted by Crippen LogP contribution is -2.27. The van der Waals surface area contributed by atoms with Crippen molar-refractivity contribution in [3.05, 3.63) is 92.4 Å². The number of carbonyl (C=O) groups is 1. The van der Waals surface area contributed by atoms with Gasteiger partial charge in [-0.05, 0) is 37.1 Å². The first-order chi connectivity index (χ1) is 14.4. The van der Waals surface area contributed by atoms with Crippen LogP contribution in [0.25, 0.3) is 0 Å². The van der Waals surface area contributed by atoms with E-state index in [9.17, 15) is 14.9 Å². The number of aryl methyl sites for hydroxylation is 1. The van der Waals surface area contributed by atoms with Crippen LogP contribution in [0.3, 0.4) is 0 Å². The number of hydrogen-bond donors (Lipinski definition) is 1. The number of nitro groups is 1. The van der Waals surface area contributed by atoms with Gasteiger partial charge in [-0.25, -0.2) is 0 Å². The summed E-state index contributed by atoms with van der Waals surface area (Å²) in [6.45, 7) is 4.04. The lowest BCUT2D eigenvalue weighted by atomic mass is 10.0. The van der Waals surface area contributed by atoms with Gasteiger partial charge in [0.1, 0.15) is 18.1 Å². The Morgan fingerprint density at radius 1 is 1.20 bits per heavy atom. The maximum Gasteiger partial charge on any atom is 0.287 e. The summed E-state index contributed by atoms with van der Waals surface area (Å²) in [5.41, 5.74) is 2.06. The predicted molar refractivity (Wildman–Crippen MR) is 113 cm³/mol. The van der Waals surface area contributed by atoms with Gasteiger partial charge in [-0.1, -0.05) is 48.4 Å². The molecule has 0 aliphatic carbocycles. The van der Waals surface area contributed by atoms with Gasteiger partial charge in [0.25, 0.3) is 11.6 Å². The van der Waals surface area contributed by atoms with E-state index in [0.29, 0.717) is 5.76 Å². The highest BCUT2D eigenvalue weighted by Gasteiger charge is 2.17. The Morgan fingerprint density at radius 3 is 2.57 bits per heavy atom. The van der Waals surface area contributed by atoms with E-state index in [-0.39, 0.29) is 40.8 Å². The second-order valence-corrected chi connectivity index (χ2v) is 7.18. The quantitative estimate of drug-likeness (QED) is 0.371. The van der Waals surface area contributed by atoms with Crippen molar-refractivity contribution in [2.45, 2.75) is 32.9 Å². The molecule has 1 amide bonds. The Hall–Kier alpha value is -3.32. The molecular formula is C22H21ClN2O5. The summed E-state index contributed by atoms with van der Waals surface area (Å²) in [6.07, 6.45) is 0.740. The van der Waals surface area contributed by atoms with E-state index in [0.717, 1.165) is 17.5 Å². The third-order valence-corrected chi connectivity index (χ3v) is 4.87. The molecule has 1 atom stereocenters. The molecule has 2 aromatic carbocycles. The summed E-state index contributed by atoms with van der Waals surface area (Å²) in [5, 5.41) is 13.9. The molecule has 156 valence electrons. The van der Waals surface area contributed by atoms with Crippen molar-refractivity contribution in [1.82, 2.24) is 5.32 Å². The van der Waals surface area contributed by atoms with Crippen LogP contribution in [0.2, 0.25) is 5.02 Å². The van der Waals surface area contributed by atoms with E-state index >= 15 is 0 Å². The van der Waals surface area contributed by atoms with Crippen LogP contribution in [-0.4, -0.2) is 10.8 Å². The minimum absolute atomic E-state index is 0.0278. The van der Waals surface area contributed by atoms with Crippen LogP contribution in [0.15, 0.2) is 59.0 Å². The zero-order chi connectivity index (χ0) is 21.7. The topological polar surface area (TPSA) is 94.6 Å². The first kappa shape index (κ1) is 21.4. The molecular weight excluding hydrogens is 408 g/mol. The standard InChI is InChI=1S/C22H21ClN2O5/c1-3-19(15-6-4-14(2)5-7-15)24-22(26)21-11-9-17(30-21)13-29-20-10-8-16(25(27)28)12-18(20)23/h4-12,19H,3,13H2,1-2H3,(H,24,26).